The number of hydrogen-bond donors (Lipinski definition) is 0. The van der Waals surface area contributed by atoms with Gasteiger partial charge in [-0.3, -0.25) is 0 Å². The van der Waals surface area contributed by atoms with Crippen molar-refractivity contribution in [1.29, 1.82) is 0 Å². The Labute approximate surface area is 143 Å². The number of halogens is 3. The van der Waals surface area contributed by atoms with Gasteiger partial charge in [-0.15, -0.1) is 0 Å². The van der Waals surface area contributed by atoms with Crippen molar-refractivity contribution in [2.75, 3.05) is 7.11 Å². The van der Waals surface area contributed by atoms with Crippen LogP contribution in [0.5, 0.6) is 5.75 Å². The van der Waals surface area contributed by atoms with Crippen molar-refractivity contribution < 1.29 is 17.9 Å². The van der Waals surface area contributed by atoms with E-state index in [1.807, 2.05) is 0 Å². The average Bonchev–Trinajstić information content (AvgIpc) is 3.16. The molecule has 4 aromatic rings. The number of alkyl halides is 2. The molecule has 0 fully saturated rings. The summed E-state index contributed by atoms with van der Waals surface area (Å²) in [7, 11) is 1.52. The zero-order valence-corrected chi connectivity index (χ0v) is 14.1. The van der Waals surface area contributed by atoms with Gasteiger partial charge >= 0.3 is 0 Å². The minimum Gasteiger partial charge on any atom is -0.495 e. The highest BCUT2D eigenvalue weighted by atomic mass is 35.5. The molecule has 3 aromatic heterocycles. The van der Waals surface area contributed by atoms with Crippen LogP contribution < -0.4 is 4.74 Å². The third kappa shape index (κ3) is 2.42. The number of ether oxygens (including phenoxy) is 1. The minimum atomic E-state index is -2.99. The molecule has 0 spiro atoms. The maximum atomic E-state index is 13.3. The SMILES string of the molecule is COc1cc2oc(-c3cn4nc(C(C)(F)F)sc4n3)cc2cc1Cl. The predicted octanol–water partition coefficient (Wildman–Crippen LogP) is 4.98. The molecule has 0 radical (unpaired) electrons. The van der Waals surface area contributed by atoms with Crippen molar-refractivity contribution in [2.45, 2.75) is 12.8 Å². The number of benzene rings is 1. The smallest absolute Gasteiger partial charge is 0.298 e. The molecule has 0 atom stereocenters. The van der Waals surface area contributed by atoms with E-state index in [-0.39, 0.29) is 5.01 Å². The van der Waals surface area contributed by atoms with Crippen LogP contribution >= 0.6 is 22.9 Å². The first-order chi connectivity index (χ1) is 11.3. The fourth-order valence-corrected chi connectivity index (χ4v) is 3.38. The molecule has 0 bridgehead atoms. The lowest BCUT2D eigenvalue weighted by atomic mass is 10.2. The molecule has 4 rings (SSSR count). The van der Waals surface area contributed by atoms with Gasteiger partial charge in [0.15, 0.2) is 10.8 Å². The van der Waals surface area contributed by atoms with Gasteiger partial charge in [0.2, 0.25) is 4.96 Å². The summed E-state index contributed by atoms with van der Waals surface area (Å²) < 4.78 is 38.9. The maximum absolute atomic E-state index is 13.3. The highest BCUT2D eigenvalue weighted by Crippen LogP contribution is 2.36. The standard InChI is InChI=1S/C15H10ClF2N3O2S/c1-15(17,18)13-20-21-6-9(19-14(21)24-13)12-4-7-3-8(16)11(22-2)5-10(7)23-12/h3-6H,1-2H3. The molecule has 0 unspecified atom stereocenters. The summed E-state index contributed by atoms with van der Waals surface area (Å²) >= 11 is 6.94. The number of rotatable bonds is 3. The normalized spacial score (nSPS) is 12.4. The Balaban J connectivity index is 1.79. The van der Waals surface area contributed by atoms with Crippen molar-refractivity contribution in [3.63, 3.8) is 0 Å². The Morgan fingerprint density at radius 1 is 1.33 bits per heavy atom. The fourth-order valence-electron chi connectivity index (χ4n) is 2.32. The number of methoxy groups -OCH3 is 1. The third-order valence-corrected chi connectivity index (χ3v) is 4.85. The molecule has 9 heteroatoms. The molecule has 1 aromatic carbocycles. The Morgan fingerprint density at radius 3 is 2.79 bits per heavy atom. The van der Waals surface area contributed by atoms with Gasteiger partial charge in [0.25, 0.3) is 5.92 Å². The minimum absolute atomic E-state index is 0.280. The van der Waals surface area contributed by atoms with Crippen LogP contribution in [0.2, 0.25) is 5.02 Å². The van der Waals surface area contributed by atoms with Crippen molar-refractivity contribution >= 4 is 38.9 Å². The molecule has 5 nitrogen and oxygen atoms in total. The van der Waals surface area contributed by atoms with E-state index >= 15 is 0 Å². The molecule has 0 aliphatic heterocycles. The monoisotopic (exact) mass is 369 g/mol. The first-order valence-electron chi connectivity index (χ1n) is 6.87. The fraction of sp³-hybridized carbons (Fsp3) is 0.200. The Kier molecular flexibility index (Phi) is 3.29. The number of fused-ring (bicyclic) bond motifs is 2. The molecule has 0 aliphatic carbocycles. The van der Waals surface area contributed by atoms with Gasteiger partial charge < -0.3 is 9.15 Å². The lowest BCUT2D eigenvalue weighted by Gasteiger charge is -2.02. The van der Waals surface area contributed by atoms with Crippen LogP contribution in [0.1, 0.15) is 11.9 Å². The molecule has 0 saturated carbocycles. The Bertz CT molecular complexity index is 1030. The molecular formula is C15H10ClF2N3O2S. The summed E-state index contributed by atoms with van der Waals surface area (Å²) in [4.78, 5) is 4.68. The molecule has 3 heterocycles. The van der Waals surface area contributed by atoms with E-state index in [0.29, 0.717) is 32.8 Å². The maximum Gasteiger partial charge on any atom is 0.298 e. The van der Waals surface area contributed by atoms with E-state index in [1.165, 1.54) is 11.6 Å². The van der Waals surface area contributed by atoms with Crippen molar-refractivity contribution in [3.8, 4) is 17.2 Å². The van der Waals surface area contributed by atoms with E-state index < -0.39 is 5.92 Å². The van der Waals surface area contributed by atoms with Gasteiger partial charge in [-0.05, 0) is 12.1 Å². The highest BCUT2D eigenvalue weighted by molar-refractivity contribution is 7.16. The van der Waals surface area contributed by atoms with Crippen molar-refractivity contribution in [3.05, 3.63) is 34.4 Å². The van der Waals surface area contributed by atoms with Gasteiger partial charge in [-0.1, -0.05) is 22.9 Å². The van der Waals surface area contributed by atoms with Gasteiger partial charge in [-0.2, -0.15) is 13.9 Å². The van der Waals surface area contributed by atoms with Gasteiger partial charge in [-0.25, -0.2) is 9.50 Å². The first-order valence-corrected chi connectivity index (χ1v) is 8.06. The number of nitrogens with zero attached hydrogens (tertiary/aromatic N) is 3. The number of imidazole rings is 1. The largest absolute Gasteiger partial charge is 0.495 e. The zero-order valence-electron chi connectivity index (χ0n) is 12.5. The third-order valence-electron chi connectivity index (χ3n) is 3.46. The Hall–Kier alpha value is -2.19. The zero-order chi connectivity index (χ0) is 17.1. The van der Waals surface area contributed by atoms with Crippen LogP contribution in [-0.4, -0.2) is 21.7 Å². The summed E-state index contributed by atoms with van der Waals surface area (Å²) in [5.41, 5.74) is 1.10. The van der Waals surface area contributed by atoms with Crippen LogP contribution in [0, 0.1) is 0 Å². The second-order valence-corrected chi connectivity index (χ2v) is 6.65. The van der Waals surface area contributed by atoms with Gasteiger partial charge in [0.05, 0.1) is 18.3 Å². The summed E-state index contributed by atoms with van der Waals surface area (Å²) in [6, 6.07) is 5.20. The molecule has 24 heavy (non-hydrogen) atoms. The molecule has 0 saturated heterocycles. The van der Waals surface area contributed by atoms with Crippen LogP contribution in [0.15, 0.2) is 28.8 Å². The molecular weight excluding hydrogens is 360 g/mol. The second-order valence-electron chi connectivity index (χ2n) is 5.28. The molecule has 0 aliphatic rings. The van der Waals surface area contributed by atoms with Crippen LogP contribution in [0.25, 0.3) is 27.4 Å². The van der Waals surface area contributed by atoms with Crippen LogP contribution in [-0.2, 0) is 5.92 Å². The van der Waals surface area contributed by atoms with Crippen molar-refractivity contribution in [1.82, 2.24) is 14.6 Å². The predicted molar refractivity (Wildman–Crippen MR) is 87.2 cm³/mol. The molecule has 0 N–H and O–H groups in total. The van der Waals surface area contributed by atoms with E-state index in [2.05, 4.69) is 10.1 Å². The summed E-state index contributed by atoms with van der Waals surface area (Å²) in [6.45, 7) is 0.808. The lowest BCUT2D eigenvalue weighted by Crippen LogP contribution is -2.06. The summed E-state index contributed by atoms with van der Waals surface area (Å²) in [5, 5.41) is 4.85. The number of furan rings is 1. The molecule has 0 amide bonds. The lowest BCUT2D eigenvalue weighted by molar-refractivity contribution is 0.0163. The molecule has 124 valence electrons. The second kappa shape index (κ2) is 5.15. The average molecular weight is 370 g/mol. The van der Waals surface area contributed by atoms with Gasteiger partial charge in [0.1, 0.15) is 17.0 Å². The van der Waals surface area contributed by atoms with E-state index in [0.717, 1.165) is 23.6 Å². The Morgan fingerprint density at radius 2 is 2.12 bits per heavy atom. The van der Waals surface area contributed by atoms with Crippen molar-refractivity contribution in [2.24, 2.45) is 0 Å². The van der Waals surface area contributed by atoms with Crippen LogP contribution in [0.3, 0.4) is 0 Å². The first kappa shape index (κ1) is 15.3. The van der Waals surface area contributed by atoms with Gasteiger partial charge in [0, 0.05) is 18.4 Å². The van der Waals surface area contributed by atoms with E-state index in [1.54, 1.807) is 24.4 Å². The summed E-state index contributed by atoms with van der Waals surface area (Å²) in [5.74, 6) is -1.98. The number of aromatic nitrogens is 3. The highest BCUT2D eigenvalue weighted by Gasteiger charge is 2.30. The quantitative estimate of drug-likeness (QED) is 0.511. The van der Waals surface area contributed by atoms with Crippen LogP contribution in [0.4, 0.5) is 8.78 Å². The van der Waals surface area contributed by atoms with E-state index in [4.69, 9.17) is 20.8 Å². The topological polar surface area (TPSA) is 52.6 Å². The number of hydrogen-bond acceptors (Lipinski definition) is 5. The summed E-state index contributed by atoms with van der Waals surface area (Å²) in [6.07, 6.45) is 1.55. The van der Waals surface area contributed by atoms with E-state index in [9.17, 15) is 8.78 Å².